The molecule has 0 aromatic heterocycles. The molecule has 0 radical (unpaired) electrons. The maximum absolute atomic E-state index is 9.89. The standard InChI is InChI=1S/C14H18O5/c1-16-14-10(15)7-11-12(19-14)8-17-13(18-11)9-5-3-2-4-6-9/h2-6,10-15H,7-8H2,1H3/t10-,11+,12+,13+,14-/m0/s1. The number of rotatable bonds is 2. The van der Waals surface area contributed by atoms with Crippen LogP contribution < -0.4 is 0 Å². The van der Waals surface area contributed by atoms with E-state index in [0.29, 0.717) is 13.0 Å². The number of methoxy groups -OCH3 is 1. The van der Waals surface area contributed by atoms with E-state index in [1.54, 1.807) is 0 Å². The van der Waals surface area contributed by atoms with E-state index >= 15 is 0 Å². The van der Waals surface area contributed by atoms with Crippen LogP contribution in [0.25, 0.3) is 0 Å². The normalized spacial score (nSPS) is 38.7. The average molecular weight is 266 g/mol. The second kappa shape index (κ2) is 5.56. The third-order valence-corrected chi connectivity index (χ3v) is 3.53. The summed E-state index contributed by atoms with van der Waals surface area (Å²) in [5.41, 5.74) is 0.976. The van der Waals surface area contributed by atoms with Crippen molar-refractivity contribution in [3.05, 3.63) is 35.9 Å². The van der Waals surface area contributed by atoms with Crippen LogP contribution in [0.15, 0.2) is 30.3 Å². The van der Waals surface area contributed by atoms with E-state index in [0.717, 1.165) is 5.56 Å². The lowest BCUT2D eigenvalue weighted by molar-refractivity contribution is -0.333. The predicted octanol–water partition coefficient (Wildman–Crippen LogP) is 1.22. The maximum Gasteiger partial charge on any atom is 0.184 e. The molecule has 2 saturated heterocycles. The topological polar surface area (TPSA) is 57.2 Å². The van der Waals surface area contributed by atoms with Crippen LogP contribution >= 0.6 is 0 Å². The molecule has 5 atom stereocenters. The van der Waals surface area contributed by atoms with Gasteiger partial charge in [-0.1, -0.05) is 30.3 Å². The molecule has 0 spiro atoms. The molecule has 2 aliphatic heterocycles. The fraction of sp³-hybridized carbons (Fsp3) is 0.571. The van der Waals surface area contributed by atoms with Crippen molar-refractivity contribution < 1.29 is 24.1 Å². The monoisotopic (exact) mass is 266 g/mol. The van der Waals surface area contributed by atoms with Gasteiger partial charge in [0.05, 0.1) is 12.7 Å². The molecule has 2 aliphatic rings. The summed E-state index contributed by atoms with van der Waals surface area (Å²) in [7, 11) is 1.52. The summed E-state index contributed by atoms with van der Waals surface area (Å²) in [5.74, 6) is 0. The number of benzene rings is 1. The third kappa shape index (κ3) is 2.66. The molecule has 1 aromatic carbocycles. The molecule has 0 amide bonds. The van der Waals surface area contributed by atoms with Gasteiger partial charge in [0.15, 0.2) is 12.6 Å². The van der Waals surface area contributed by atoms with E-state index < -0.39 is 18.7 Å². The number of fused-ring (bicyclic) bond motifs is 1. The zero-order chi connectivity index (χ0) is 13.2. The summed E-state index contributed by atoms with van der Waals surface area (Å²) in [6, 6.07) is 9.76. The first-order chi connectivity index (χ1) is 9.28. The van der Waals surface area contributed by atoms with Gasteiger partial charge in [0, 0.05) is 19.1 Å². The summed E-state index contributed by atoms with van der Waals surface area (Å²) in [6.07, 6.45) is -1.51. The van der Waals surface area contributed by atoms with Gasteiger partial charge in [-0.3, -0.25) is 0 Å². The fourth-order valence-electron chi connectivity index (χ4n) is 2.52. The lowest BCUT2D eigenvalue weighted by atomic mass is 10.0. The zero-order valence-electron chi connectivity index (χ0n) is 10.8. The van der Waals surface area contributed by atoms with Gasteiger partial charge in [-0.25, -0.2) is 0 Å². The minimum absolute atomic E-state index is 0.166. The first-order valence-electron chi connectivity index (χ1n) is 6.46. The predicted molar refractivity (Wildman–Crippen MR) is 66.3 cm³/mol. The molecule has 0 aliphatic carbocycles. The highest BCUT2D eigenvalue weighted by Gasteiger charge is 2.42. The van der Waals surface area contributed by atoms with Crippen LogP contribution in [-0.2, 0) is 18.9 Å². The van der Waals surface area contributed by atoms with E-state index in [4.69, 9.17) is 18.9 Å². The molecule has 0 bridgehead atoms. The minimum atomic E-state index is -0.666. The molecule has 0 unspecified atom stereocenters. The molecule has 2 heterocycles. The molecule has 1 N–H and O–H groups in total. The van der Waals surface area contributed by atoms with Crippen molar-refractivity contribution in [3.8, 4) is 0 Å². The van der Waals surface area contributed by atoms with E-state index in [9.17, 15) is 5.11 Å². The Morgan fingerprint density at radius 2 is 1.95 bits per heavy atom. The molecule has 5 heteroatoms. The molecule has 19 heavy (non-hydrogen) atoms. The minimum Gasteiger partial charge on any atom is -0.388 e. The molecule has 2 fully saturated rings. The van der Waals surface area contributed by atoms with Crippen LogP contribution in [0.4, 0.5) is 0 Å². The largest absolute Gasteiger partial charge is 0.388 e. The summed E-state index contributed by atoms with van der Waals surface area (Å²) in [5, 5.41) is 9.89. The Morgan fingerprint density at radius 3 is 2.68 bits per heavy atom. The Morgan fingerprint density at radius 1 is 1.16 bits per heavy atom. The van der Waals surface area contributed by atoms with Crippen molar-refractivity contribution in [1.82, 2.24) is 0 Å². The lowest BCUT2D eigenvalue weighted by Gasteiger charge is -2.43. The Bertz CT molecular complexity index is 410. The van der Waals surface area contributed by atoms with Gasteiger partial charge in [0.25, 0.3) is 0 Å². The number of ether oxygens (including phenoxy) is 4. The highest BCUT2D eigenvalue weighted by atomic mass is 16.7. The Balaban J connectivity index is 1.68. The molecule has 104 valence electrons. The van der Waals surface area contributed by atoms with Crippen LogP contribution in [0, 0.1) is 0 Å². The molecular formula is C14H18O5. The van der Waals surface area contributed by atoms with Crippen molar-refractivity contribution in [3.63, 3.8) is 0 Å². The van der Waals surface area contributed by atoms with E-state index in [-0.39, 0.29) is 12.2 Å². The van der Waals surface area contributed by atoms with Gasteiger partial charge in [-0.05, 0) is 0 Å². The van der Waals surface area contributed by atoms with Crippen LogP contribution in [0.1, 0.15) is 18.3 Å². The van der Waals surface area contributed by atoms with Gasteiger partial charge < -0.3 is 24.1 Å². The van der Waals surface area contributed by atoms with Gasteiger partial charge in [-0.2, -0.15) is 0 Å². The summed E-state index contributed by atoms with van der Waals surface area (Å²) < 4.78 is 22.2. The Kier molecular flexibility index (Phi) is 3.81. The maximum atomic E-state index is 9.89. The van der Waals surface area contributed by atoms with Gasteiger partial charge >= 0.3 is 0 Å². The summed E-state index contributed by atoms with van der Waals surface area (Å²) >= 11 is 0. The van der Waals surface area contributed by atoms with E-state index in [1.807, 2.05) is 30.3 Å². The zero-order valence-corrected chi connectivity index (χ0v) is 10.8. The second-order valence-electron chi connectivity index (χ2n) is 4.83. The summed E-state index contributed by atoms with van der Waals surface area (Å²) in [4.78, 5) is 0. The fourth-order valence-corrected chi connectivity index (χ4v) is 2.52. The molecule has 0 saturated carbocycles. The third-order valence-electron chi connectivity index (χ3n) is 3.53. The molecule has 5 nitrogen and oxygen atoms in total. The first kappa shape index (κ1) is 13.0. The van der Waals surface area contributed by atoms with Crippen molar-refractivity contribution >= 4 is 0 Å². The van der Waals surface area contributed by atoms with Crippen molar-refractivity contribution in [1.29, 1.82) is 0 Å². The Labute approximate surface area is 112 Å². The van der Waals surface area contributed by atoms with Crippen molar-refractivity contribution in [2.45, 2.75) is 37.3 Å². The van der Waals surface area contributed by atoms with Gasteiger partial charge in [0.1, 0.15) is 12.2 Å². The summed E-state index contributed by atoms with van der Waals surface area (Å²) in [6.45, 7) is 0.441. The van der Waals surface area contributed by atoms with Crippen LogP contribution in [0.3, 0.4) is 0 Å². The highest BCUT2D eigenvalue weighted by Crippen LogP contribution is 2.33. The van der Waals surface area contributed by atoms with Crippen molar-refractivity contribution in [2.75, 3.05) is 13.7 Å². The number of aliphatic hydroxyl groups excluding tert-OH is 1. The first-order valence-corrected chi connectivity index (χ1v) is 6.46. The number of hydrogen-bond acceptors (Lipinski definition) is 5. The van der Waals surface area contributed by atoms with Crippen molar-refractivity contribution in [2.24, 2.45) is 0 Å². The van der Waals surface area contributed by atoms with Gasteiger partial charge in [-0.15, -0.1) is 0 Å². The number of aliphatic hydroxyl groups is 1. The van der Waals surface area contributed by atoms with Crippen LogP contribution in [-0.4, -0.2) is 43.4 Å². The molecular weight excluding hydrogens is 248 g/mol. The molecule has 3 rings (SSSR count). The molecule has 1 aromatic rings. The van der Waals surface area contributed by atoms with Crippen LogP contribution in [0.5, 0.6) is 0 Å². The lowest BCUT2D eigenvalue weighted by Crippen LogP contribution is -2.53. The van der Waals surface area contributed by atoms with E-state index in [2.05, 4.69) is 0 Å². The second-order valence-corrected chi connectivity index (χ2v) is 4.83. The van der Waals surface area contributed by atoms with Gasteiger partial charge in [0.2, 0.25) is 0 Å². The quantitative estimate of drug-likeness (QED) is 0.872. The highest BCUT2D eigenvalue weighted by molar-refractivity contribution is 5.16. The van der Waals surface area contributed by atoms with Crippen LogP contribution in [0.2, 0.25) is 0 Å². The van der Waals surface area contributed by atoms with E-state index in [1.165, 1.54) is 7.11 Å². The SMILES string of the molecule is CO[C@H]1O[C@@H]2CO[C@@H](c3ccccc3)O[C@@H]2C[C@@H]1O. The number of hydrogen-bond donors (Lipinski definition) is 1. The smallest absolute Gasteiger partial charge is 0.184 e. The average Bonchev–Trinajstić information content (AvgIpc) is 2.47. The Hall–Kier alpha value is -0.980.